The first-order valence-corrected chi connectivity index (χ1v) is 5.21. The van der Waals surface area contributed by atoms with E-state index in [2.05, 4.69) is 10.1 Å². The lowest BCUT2D eigenvalue weighted by atomic mass is 10.2. The SMILES string of the molecule is COC(=O)CCNc1ccc(OC)cc1[N+](=O)[O-]. The Balaban J connectivity index is 2.75. The van der Waals surface area contributed by atoms with Gasteiger partial charge in [-0.05, 0) is 12.1 Å². The van der Waals surface area contributed by atoms with Crippen molar-refractivity contribution in [2.24, 2.45) is 0 Å². The van der Waals surface area contributed by atoms with Crippen LogP contribution in [0.5, 0.6) is 5.75 Å². The molecule has 0 aliphatic rings. The number of carbonyl (C=O) groups is 1. The van der Waals surface area contributed by atoms with E-state index < -0.39 is 4.92 Å². The predicted molar refractivity (Wildman–Crippen MR) is 64.8 cm³/mol. The van der Waals surface area contributed by atoms with E-state index in [4.69, 9.17) is 4.74 Å². The number of nitrogens with one attached hydrogen (secondary N) is 1. The highest BCUT2D eigenvalue weighted by Crippen LogP contribution is 2.28. The quantitative estimate of drug-likeness (QED) is 0.471. The fourth-order valence-electron chi connectivity index (χ4n) is 1.34. The van der Waals surface area contributed by atoms with Gasteiger partial charge in [-0.25, -0.2) is 0 Å². The number of rotatable bonds is 6. The van der Waals surface area contributed by atoms with Crippen LogP contribution in [-0.4, -0.2) is 31.7 Å². The van der Waals surface area contributed by atoms with Crippen LogP contribution in [0.2, 0.25) is 0 Å². The zero-order chi connectivity index (χ0) is 13.5. The van der Waals surface area contributed by atoms with E-state index in [1.807, 2.05) is 0 Å². The molecule has 0 aliphatic heterocycles. The molecule has 0 heterocycles. The number of ether oxygens (including phenoxy) is 2. The van der Waals surface area contributed by atoms with Gasteiger partial charge in [0.2, 0.25) is 0 Å². The van der Waals surface area contributed by atoms with Crippen molar-refractivity contribution in [3.05, 3.63) is 28.3 Å². The van der Waals surface area contributed by atoms with Crippen molar-refractivity contribution in [1.82, 2.24) is 0 Å². The number of hydrogen-bond donors (Lipinski definition) is 1. The Kier molecular flexibility index (Phi) is 4.91. The second kappa shape index (κ2) is 6.43. The predicted octanol–water partition coefficient (Wildman–Crippen LogP) is 1.58. The van der Waals surface area contributed by atoms with Gasteiger partial charge in [0.05, 0.1) is 31.6 Å². The Morgan fingerprint density at radius 2 is 2.17 bits per heavy atom. The van der Waals surface area contributed by atoms with Crippen molar-refractivity contribution in [3.63, 3.8) is 0 Å². The van der Waals surface area contributed by atoms with E-state index >= 15 is 0 Å². The van der Waals surface area contributed by atoms with E-state index in [1.165, 1.54) is 26.4 Å². The third kappa shape index (κ3) is 3.62. The van der Waals surface area contributed by atoms with Gasteiger partial charge in [-0.15, -0.1) is 0 Å². The van der Waals surface area contributed by atoms with Crippen LogP contribution in [0.25, 0.3) is 0 Å². The highest BCUT2D eigenvalue weighted by Gasteiger charge is 2.15. The van der Waals surface area contributed by atoms with Gasteiger partial charge in [-0.2, -0.15) is 0 Å². The van der Waals surface area contributed by atoms with Crippen molar-refractivity contribution < 1.29 is 19.2 Å². The van der Waals surface area contributed by atoms with Crippen molar-refractivity contribution >= 4 is 17.3 Å². The summed E-state index contributed by atoms with van der Waals surface area (Å²) >= 11 is 0. The molecule has 7 heteroatoms. The number of nitrogens with zero attached hydrogens (tertiary/aromatic N) is 1. The summed E-state index contributed by atoms with van der Waals surface area (Å²) in [6.07, 6.45) is 0.139. The number of methoxy groups -OCH3 is 2. The van der Waals surface area contributed by atoms with Crippen LogP contribution in [0.1, 0.15) is 6.42 Å². The highest BCUT2D eigenvalue weighted by molar-refractivity contribution is 5.70. The first kappa shape index (κ1) is 13.8. The highest BCUT2D eigenvalue weighted by atomic mass is 16.6. The smallest absolute Gasteiger partial charge is 0.307 e. The number of carbonyl (C=O) groups excluding carboxylic acids is 1. The van der Waals surface area contributed by atoms with Crippen molar-refractivity contribution in [1.29, 1.82) is 0 Å². The third-order valence-corrected chi connectivity index (χ3v) is 2.27. The maximum absolute atomic E-state index is 10.9. The molecule has 0 unspecified atom stereocenters. The molecular weight excluding hydrogens is 240 g/mol. The summed E-state index contributed by atoms with van der Waals surface area (Å²) in [5.74, 6) is 0.0267. The van der Waals surface area contributed by atoms with Crippen molar-refractivity contribution in [2.75, 3.05) is 26.1 Å². The Bertz CT molecular complexity index is 447. The lowest BCUT2D eigenvalue weighted by molar-refractivity contribution is -0.384. The normalized spacial score (nSPS) is 9.67. The molecule has 0 aromatic heterocycles. The fraction of sp³-hybridized carbons (Fsp3) is 0.364. The molecule has 0 bridgehead atoms. The van der Waals surface area contributed by atoms with Crippen molar-refractivity contribution in [3.8, 4) is 5.75 Å². The van der Waals surface area contributed by atoms with E-state index in [0.717, 1.165) is 0 Å². The average molecular weight is 254 g/mol. The van der Waals surface area contributed by atoms with Gasteiger partial charge >= 0.3 is 5.97 Å². The van der Waals surface area contributed by atoms with E-state index in [9.17, 15) is 14.9 Å². The molecule has 0 fully saturated rings. The molecule has 98 valence electrons. The van der Waals surface area contributed by atoms with Crippen molar-refractivity contribution in [2.45, 2.75) is 6.42 Å². The minimum Gasteiger partial charge on any atom is -0.496 e. The maximum atomic E-state index is 10.9. The minimum atomic E-state index is -0.511. The Morgan fingerprint density at radius 1 is 1.44 bits per heavy atom. The second-order valence-electron chi connectivity index (χ2n) is 3.39. The maximum Gasteiger partial charge on any atom is 0.307 e. The third-order valence-electron chi connectivity index (χ3n) is 2.27. The van der Waals surface area contributed by atoms with Gasteiger partial charge < -0.3 is 14.8 Å². The molecule has 0 atom stereocenters. The van der Waals surface area contributed by atoms with Crippen LogP contribution in [0.15, 0.2) is 18.2 Å². The first-order valence-electron chi connectivity index (χ1n) is 5.21. The molecule has 0 saturated heterocycles. The molecule has 0 amide bonds. The molecule has 1 aromatic rings. The Labute approximate surface area is 104 Å². The van der Waals surface area contributed by atoms with E-state index in [0.29, 0.717) is 11.4 Å². The number of esters is 1. The number of benzene rings is 1. The van der Waals surface area contributed by atoms with Crippen LogP contribution >= 0.6 is 0 Å². The molecule has 0 saturated carbocycles. The average Bonchev–Trinajstić information content (AvgIpc) is 2.38. The number of anilines is 1. The summed E-state index contributed by atoms with van der Waals surface area (Å²) in [5, 5.41) is 13.7. The van der Waals surface area contributed by atoms with Gasteiger partial charge in [0.1, 0.15) is 11.4 Å². The molecule has 18 heavy (non-hydrogen) atoms. The van der Waals surface area contributed by atoms with Crippen LogP contribution in [-0.2, 0) is 9.53 Å². The van der Waals surface area contributed by atoms with Crippen LogP contribution < -0.4 is 10.1 Å². The first-order chi connectivity index (χ1) is 8.58. The zero-order valence-corrected chi connectivity index (χ0v) is 10.1. The van der Waals surface area contributed by atoms with Gasteiger partial charge in [0.25, 0.3) is 5.69 Å². The van der Waals surface area contributed by atoms with Crippen LogP contribution in [0, 0.1) is 10.1 Å². The van der Waals surface area contributed by atoms with Gasteiger partial charge in [-0.3, -0.25) is 14.9 Å². The zero-order valence-electron chi connectivity index (χ0n) is 10.1. The lowest BCUT2D eigenvalue weighted by Crippen LogP contribution is -2.10. The topological polar surface area (TPSA) is 90.7 Å². The molecule has 1 aromatic carbocycles. The summed E-state index contributed by atoms with van der Waals surface area (Å²) < 4.78 is 9.38. The Morgan fingerprint density at radius 3 is 2.72 bits per heavy atom. The van der Waals surface area contributed by atoms with Gasteiger partial charge in [0, 0.05) is 6.54 Å². The summed E-state index contributed by atoms with van der Waals surface area (Å²) in [6, 6.07) is 4.46. The number of nitro benzene ring substituents is 1. The molecule has 0 aliphatic carbocycles. The fourth-order valence-corrected chi connectivity index (χ4v) is 1.34. The summed E-state index contributed by atoms with van der Waals surface area (Å²) in [5.41, 5.74) is 0.240. The standard InChI is InChI=1S/C11H14N2O5/c1-17-8-3-4-9(10(7-8)13(15)16)12-6-5-11(14)18-2/h3-4,7,12H,5-6H2,1-2H3. The van der Waals surface area contributed by atoms with E-state index in [-0.39, 0.29) is 24.6 Å². The Hall–Kier alpha value is -2.31. The van der Waals surface area contributed by atoms with Crippen LogP contribution in [0.4, 0.5) is 11.4 Å². The molecule has 7 nitrogen and oxygen atoms in total. The summed E-state index contributed by atoms with van der Waals surface area (Å²) in [7, 11) is 2.72. The second-order valence-corrected chi connectivity index (χ2v) is 3.39. The number of nitro groups is 1. The molecule has 0 spiro atoms. The lowest BCUT2D eigenvalue weighted by Gasteiger charge is -2.07. The number of hydrogen-bond acceptors (Lipinski definition) is 6. The molecule has 1 rings (SSSR count). The van der Waals surface area contributed by atoms with Gasteiger partial charge in [0.15, 0.2) is 0 Å². The van der Waals surface area contributed by atoms with Crippen LogP contribution in [0.3, 0.4) is 0 Å². The summed E-state index contributed by atoms with van der Waals surface area (Å²) in [4.78, 5) is 21.3. The molecule has 1 N–H and O–H groups in total. The van der Waals surface area contributed by atoms with E-state index in [1.54, 1.807) is 6.07 Å². The molecule has 0 radical (unpaired) electrons. The minimum absolute atomic E-state index is 0.0979. The largest absolute Gasteiger partial charge is 0.496 e. The summed E-state index contributed by atoms with van der Waals surface area (Å²) in [6.45, 7) is 0.264. The molecular formula is C11H14N2O5. The monoisotopic (exact) mass is 254 g/mol. The van der Waals surface area contributed by atoms with Gasteiger partial charge in [-0.1, -0.05) is 0 Å².